The molecule has 49 heavy (non-hydrogen) atoms. The van der Waals surface area contributed by atoms with Crippen molar-refractivity contribution >= 4 is 17.9 Å². The third-order valence-corrected chi connectivity index (χ3v) is 9.51. The molecule has 1 aliphatic carbocycles. The molecule has 15 heteroatoms. The second-order valence-electron chi connectivity index (χ2n) is 12.5. The Labute approximate surface area is 276 Å². The van der Waals surface area contributed by atoms with Crippen LogP contribution in [0.5, 0.6) is 5.75 Å². The maximum Gasteiger partial charge on any atom is 0.416 e. The van der Waals surface area contributed by atoms with E-state index >= 15 is 4.39 Å². The summed E-state index contributed by atoms with van der Waals surface area (Å²) >= 11 is 0. The first-order valence-corrected chi connectivity index (χ1v) is 15.6. The number of esters is 1. The Kier molecular flexibility index (Phi) is 8.90. The maximum absolute atomic E-state index is 15.3. The van der Waals surface area contributed by atoms with E-state index in [4.69, 9.17) is 19.2 Å². The molecule has 0 bridgehead atoms. The summed E-state index contributed by atoms with van der Waals surface area (Å²) in [6, 6.07) is 6.49. The molecule has 2 atom stereocenters. The summed E-state index contributed by atoms with van der Waals surface area (Å²) in [6.07, 6.45) is -10.9. The van der Waals surface area contributed by atoms with Crippen molar-refractivity contribution in [1.82, 2.24) is 9.88 Å². The SMILES string of the molecule is COC(=O)C1CC(c2cc(-c3ccc(N4CCC4)nc3CN3C(=O)O[C@H](c4cc(C(F)(F)F)cc(C(F)(F)F)c4)[C@@H]3C)c(OC)cc2F)C1. The second kappa shape index (κ2) is 12.7. The number of nitrogens with zero attached hydrogens (tertiary/aromatic N) is 3. The van der Waals surface area contributed by atoms with Gasteiger partial charge in [-0.2, -0.15) is 26.3 Å². The Hall–Kier alpha value is -4.56. The molecule has 2 aliphatic heterocycles. The molecule has 0 spiro atoms. The van der Waals surface area contributed by atoms with Crippen molar-refractivity contribution in [3.8, 4) is 16.9 Å². The van der Waals surface area contributed by atoms with E-state index in [2.05, 4.69) is 0 Å². The molecule has 3 fully saturated rings. The lowest BCUT2D eigenvalue weighted by atomic mass is 9.71. The number of cyclic esters (lactones) is 1. The van der Waals surface area contributed by atoms with Crippen molar-refractivity contribution in [3.05, 3.63) is 76.2 Å². The van der Waals surface area contributed by atoms with E-state index in [9.17, 15) is 35.9 Å². The molecule has 3 heterocycles. The predicted octanol–water partition coefficient (Wildman–Crippen LogP) is 7.89. The van der Waals surface area contributed by atoms with Crippen molar-refractivity contribution in [1.29, 1.82) is 0 Å². The van der Waals surface area contributed by atoms with Crippen molar-refractivity contribution < 1.29 is 54.5 Å². The molecule has 0 radical (unpaired) electrons. The van der Waals surface area contributed by atoms with Crippen LogP contribution < -0.4 is 9.64 Å². The van der Waals surface area contributed by atoms with Gasteiger partial charge in [0, 0.05) is 30.3 Å². The number of carbonyl (C=O) groups is 2. The molecule has 1 aromatic heterocycles. The van der Waals surface area contributed by atoms with Gasteiger partial charge < -0.3 is 19.1 Å². The van der Waals surface area contributed by atoms with Gasteiger partial charge in [-0.25, -0.2) is 14.2 Å². The van der Waals surface area contributed by atoms with Crippen LogP contribution >= 0.6 is 0 Å². The molecule has 3 aliphatic rings. The van der Waals surface area contributed by atoms with Crippen molar-refractivity contribution in [3.63, 3.8) is 0 Å². The van der Waals surface area contributed by atoms with Gasteiger partial charge in [-0.1, -0.05) is 0 Å². The minimum atomic E-state index is -5.08. The summed E-state index contributed by atoms with van der Waals surface area (Å²) in [6.45, 7) is 2.70. The Morgan fingerprint density at radius 2 is 1.61 bits per heavy atom. The molecule has 1 saturated carbocycles. The highest BCUT2D eigenvalue weighted by atomic mass is 19.4. The monoisotopic (exact) mass is 695 g/mol. The van der Waals surface area contributed by atoms with Gasteiger partial charge in [0.1, 0.15) is 23.5 Å². The number of rotatable bonds is 8. The van der Waals surface area contributed by atoms with E-state index in [1.54, 1.807) is 18.2 Å². The van der Waals surface area contributed by atoms with E-state index in [1.807, 2.05) is 4.90 Å². The van der Waals surface area contributed by atoms with Crippen LogP contribution in [0.25, 0.3) is 11.1 Å². The van der Waals surface area contributed by atoms with Gasteiger partial charge in [0.25, 0.3) is 0 Å². The lowest BCUT2D eigenvalue weighted by Crippen LogP contribution is -2.38. The molecular formula is C34H32F7N3O5. The Bertz CT molecular complexity index is 1740. The van der Waals surface area contributed by atoms with Crippen LogP contribution in [0.15, 0.2) is 42.5 Å². The number of alkyl halides is 6. The maximum atomic E-state index is 15.3. The summed E-state index contributed by atoms with van der Waals surface area (Å²) < 4.78 is 113. The third kappa shape index (κ3) is 6.58. The van der Waals surface area contributed by atoms with Gasteiger partial charge in [0.2, 0.25) is 0 Å². The van der Waals surface area contributed by atoms with E-state index in [0.29, 0.717) is 53.2 Å². The van der Waals surface area contributed by atoms with Crippen LogP contribution in [-0.2, 0) is 33.2 Å². The first-order valence-electron chi connectivity index (χ1n) is 15.6. The largest absolute Gasteiger partial charge is 0.496 e. The summed E-state index contributed by atoms with van der Waals surface area (Å²) in [5, 5.41) is 0. The quantitative estimate of drug-likeness (QED) is 0.175. The van der Waals surface area contributed by atoms with Crippen molar-refractivity contribution in [2.24, 2.45) is 5.92 Å². The van der Waals surface area contributed by atoms with Gasteiger partial charge in [0.05, 0.1) is 49.5 Å². The number of benzene rings is 2. The minimum Gasteiger partial charge on any atom is -0.496 e. The van der Waals surface area contributed by atoms with Crippen molar-refractivity contribution in [2.45, 2.75) is 63.1 Å². The minimum absolute atomic E-state index is 0.0176. The standard InChI is InChI=1S/C34H32F7N3O5/c1-17-30(19-11-21(33(36,37)38)13-22(12-19)34(39,40)41)49-32(46)44(17)16-27-23(5-6-29(42-27)43-7-4-8-43)25-14-24(26(35)15-28(25)47-2)18-9-20(10-18)31(45)48-3/h5-6,11-15,17-18,20,30H,4,7-10,16H2,1-3H3/t17-,18?,20?,30-/m0/s1. The number of pyridine rings is 1. The molecule has 8 nitrogen and oxygen atoms in total. The molecular weight excluding hydrogens is 663 g/mol. The zero-order chi connectivity index (χ0) is 35.4. The van der Waals surface area contributed by atoms with Gasteiger partial charge in [-0.05, 0) is 79.6 Å². The fourth-order valence-corrected chi connectivity index (χ4v) is 6.54. The summed E-state index contributed by atoms with van der Waals surface area (Å²) in [5.74, 6) is -0.761. The van der Waals surface area contributed by atoms with Crippen LogP contribution in [0.2, 0.25) is 0 Å². The fourth-order valence-electron chi connectivity index (χ4n) is 6.54. The number of anilines is 1. The number of hydrogen-bond acceptors (Lipinski definition) is 7. The summed E-state index contributed by atoms with van der Waals surface area (Å²) in [7, 11) is 2.66. The topological polar surface area (TPSA) is 81.2 Å². The molecule has 6 rings (SSSR count). The molecule has 3 aromatic rings. The first-order chi connectivity index (χ1) is 23.1. The number of ether oxygens (including phenoxy) is 3. The van der Waals surface area contributed by atoms with E-state index < -0.39 is 53.1 Å². The predicted molar refractivity (Wildman–Crippen MR) is 161 cm³/mol. The van der Waals surface area contributed by atoms with Gasteiger partial charge >= 0.3 is 24.4 Å². The Morgan fingerprint density at radius 3 is 2.16 bits per heavy atom. The van der Waals surface area contributed by atoms with Crippen molar-refractivity contribution in [2.75, 3.05) is 32.2 Å². The molecule has 2 saturated heterocycles. The highest BCUT2D eigenvalue weighted by Crippen LogP contribution is 2.47. The number of carbonyl (C=O) groups excluding carboxylic acids is 2. The van der Waals surface area contributed by atoms with Crippen LogP contribution in [-0.4, -0.2) is 55.3 Å². The van der Waals surface area contributed by atoms with Crippen LogP contribution in [0.1, 0.15) is 66.2 Å². The molecule has 0 unspecified atom stereocenters. The van der Waals surface area contributed by atoms with Crippen LogP contribution in [0.4, 0.5) is 41.3 Å². The summed E-state index contributed by atoms with van der Waals surface area (Å²) in [5.41, 5.74) is -1.90. The van der Waals surface area contributed by atoms with Gasteiger partial charge in [0.15, 0.2) is 0 Å². The number of methoxy groups -OCH3 is 2. The van der Waals surface area contributed by atoms with Gasteiger partial charge in [-0.3, -0.25) is 9.69 Å². The zero-order valence-corrected chi connectivity index (χ0v) is 26.6. The lowest BCUT2D eigenvalue weighted by molar-refractivity contribution is -0.149. The first kappa shape index (κ1) is 34.3. The molecule has 0 N–H and O–H groups in total. The zero-order valence-electron chi connectivity index (χ0n) is 26.6. The second-order valence-corrected chi connectivity index (χ2v) is 12.5. The normalized spacial score (nSPS) is 22.4. The van der Waals surface area contributed by atoms with Crippen LogP contribution in [0.3, 0.4) is 0 Å². The lowest BCUT2D eigenvalue weighted by Gasteiger charge is -2.34. The highest BCUT2D eigenvalue weighted by molar-refractivity contribution is 5.77. The van der Waals surface area contributed by atoms with E-state index in [0.717, 1.165) is 19.5 Å². The Morgan fingerprint density at radius 1 is 0.959 bits per heavy atom. The molecule has 1 amide bonds. The van der Waals surface area contributed by atoms with Crippen LogP contribution in [0, 0.1) is 11.7 Å². The number of halogens is 7. The average molecular weight is 696 g/mol. The molecule has 2 aromatic carbocycles. The fraction of sp³-hybridized carbons (Fsp3) is 0.441. The smallest absolute Gasteiger partial charge is 0.416 e. The molecule has 262 valence electrons. The number of aromatic nitrogens is 1. The van der Waals surface area contributed by atoms with E-state index in [-0.39, 0.29) is 36.2 Å². The highest BCUT2D eigenvalue weighted by Gasteiger charge is 2.44. The Balaban J connectivity index is 1.37. The average Bonchev–Trinajstić information content (AvgIpc) is 3.27. The summed E-state index contributed by atoms with van der Waals surface area (Å²) in [4.78, 5) is 33.2. The van der Waals surface area contributed by atoms with Gasteiger partial charge in [-0.15, -0.1) is 0 Å². The third-order valence-electron chi connectivity index (χ3n) is 9.51. The van der Waals surface area contributed by atoms with E-state index in [1.165, 1.54) is 32.1 Å². The number of hydrogen-bond donors (Lipinski definition) is 0. The number of amides is 1.